The van der Waals surface area contributed by atoms with Crippen LogP contribution in [0.2, 0.25) is 0 Å². The predicted molar refractivity (Wildman–Crippen MR) is 108 cm³/mol. The molecule has 4 rings (SSSR count). The number of alkyl halides is 3. The lowest BCUT2D eigenvalue weighted by molar-refractivity contribution is -0.192. The van der Waals surface area contributed by atoms with E-state index in [2.05, 4.69) is 4.98 Å². The smallest absolute Gasteiger partial charge is 0.475 e. The van der Waals surface area contributed by atoms with Crippen LogP contribution < -0.4 is 5.56 Å². The number of Topliss-reactive ketones (excluding diaryl/α,β-unsaturated/α-hetero) is 1. The number of benzene rings is 2. The van der Waals surface area contributed by atoms with Crippen molar-refractivity contribution in [1.29, 1.82) is 0 Å². The SMILES string of the molecule is O=C(Cc1cc2c(=O)[nH]c3ccccc3c2s1)c1ccccc1.O=C(O)C(F)(F)F. The van der Waals surface area contributed by atoms with Gasteiger partial charge in [-0.25, -0.2) is 4.79 Å². The average molecular weight is 433 g/mol. The van der Waals surface area contributed by atoms with Crippen molar-refractivity contribution in [1.82, 2.24) is 4.98 Å². The Morgan fingerprint density at radius 3 is 2.20 bits per heavy atom. The van der Waals surface area contributed by atoms with Crippen molar-refractivity contribution in [3.05, 3.63) is 81.5 Å². The third-order valence-electron chi connectivity index (χ3n) is 4.12. The van der Waals surface area contributed by atoms with E-state index in [1.54, 1.807) is 0 Å². The summed E-state index contributed by atoms with van der Waals surface area (Å²) >= 11 is 1.52. The summed E-state index contributed by atoms with van der Waals surface area (Å²) in [7, 11) is 0. The quantitative estimate of drug-likeness (QED) is 0.455. The van der Waals surface area contributed by atoms with E-state index in [1.807, 2.05) is 60.7 Å². The van der Waals surface area contributed by atoms with Crippen molar-refractivity contribution < 1.29 is 27.9 Å². The topological polar surface area (TPSA) is 87.2 Å². The van der Waals surface area contributed by atoms with Crippen molar-refractivity contribution >= 4 is 44.1 Å². The van der Waals surface area contributed by atoms with Crippen LogP contribution in [0.1, 0.15) is 15.2 Å². The van der Waals surface area contributed by atoms with Gasteiger partial charge < -0.3 is 10.1 Å². The predicted octanol–water partition coefficient (Wildman–Crippen LogP) is 4.80. The molecule has 2 aromatic heterocycles. The second-order valence-electron chi connectivity index (χ2n) is 6.22. The van der Waals surface area contributed by atoms with Gasteiger partial charge in [-0.05, 0) is 12.1 Å². The molecule has 0 spiro atoms. The van der Waals surface area contributed by atoms with Gasteiger partial charge in [0.05, 0.1) is 5.39 Å². The molecule has 9 heteroatoms. The van der Waals surface area contributed by atoms with E-state index in [0.29, 0.717) is 17.4 Å². The molecule has 0 aliphatic heterocycles. The Hall–Kier alpha value is -3.46. The minimum atomic E-state index is -5.08. The summed E-state index contributed by atoms with van der Waals surface area (Å²) in [6.45, 7) is 0. The van der Waals surface area contributed by atoms with E-state index in [-0.39, 0.29) is 11.3 Å². The fourth-order valence-corrected chi connectivity index (χ4v) is 3.95. The largest absolute Gasteiger partial charge is 0.490 e. The lowest BCUT2D eigenvalue weighted by Gasteiger charge is -1.98. The summed E-state index contributed by atoms with van der Waals surface area (Å²) in [5.74, 6) is -2.69. The maximum absolute atomic E-state index is 12.4. The molecule has 0 fully saturated rings. The number of thiophene rings is 1. The van der Waals surface area contributed by atoms with Gasteiger partial charge in [-0.1, -0.05) is 48.5 Å². The highest BCUT2D eigenvalue weighted by molar-refractivity contribution is 7.20. The third-order valence-corrected chi connectivity index (χ3v) is 5.29. The van der Waals surface area contributed by atoms with Crippen LogP contribution in [0, 0.1) is 0 Å². The number of nitrogens with one attached hydrogen (secondary N) is 1. The molecule has 2 N–H and O–H groups in total. The molecule has 30 heavy (non-hydrogen) atoms. The number of ketones is 1. The Kier molecular flexibility index (Phi) is 6.02. The number of aromatic amines is 1. The zero-order valence-corrected chi connectivity index (χ0v) is 16.0. The molecular formula is C21H14F3NO4S. The van der Waals surface area contributed by atoms with Crippen LogP contribution in [-0.4, -0.2) is 28.0 Å². The first-order valence-electron chi connectivity index (χ1n) is 8.58. The fraction of sp³-hybridized carbons (Fsp3) is 0.0952. The van der Waals surface area contributed by atoms with Crippen LogP contribution in [0.5, 0.6) is 0 Å². The molecule has 0 aliphatic carbocycles. The molecule has 0 saturated carbocycles. The number of halogens is 3. The van der Waals surface area contributed by atoms with Crippen molar-refractivity contribution in [3.8, 4) is 0 Å². The highest BCUT2D eigenvalue weighted by Gasteiger charge is 2.38. The van der Waals surface area contributed by atoms with E-state index in [4.69, 9.17) is 9.90 Å². The molecule has 0 atom stereocenters. The highest BCUT2D eigenvalue weighted by Crippen LogP contribution is 2.30. The molecule has 0 radical (unpaired) electrons. The normalized spacial score (nSPS) is 11.2. The monoisotopic (exact) mass is 433 g/mol. The molecule has 2 aromatic carbocycles. The maximum atomic E-state index is 12.4. The van der Waals surface area contributed by atoms with Crippen molar-refractivity contribution in [2.75, 3.05) is 0 Å². The summed E-state index contributed by atoms with van der Waals surface area (Å²) < 4.78 is 32.7. The maximum Gasteiger partial charge on any atom is 0.490 e. The van der Waals surface area contributed by atoms with Gasteiger partial charge in [-0.15, -0.1) is 11.3 Å². The molecule has 2 heterocycles. The molecule has 154 valence electrons. The Balaban J connectivity index is 0.000000318. The van der Waals surface area contributed by atoms with Crippen LogP contribution in [0.15, 0.2) is 65.5 Å². The van der Waals surface area contributed by atoms with Gasteiger partial charge in [0.15, 0.2) is 5.78 Å². The van der Waals surface area contributed by atoms with Crippen molar-refractivity contribution in [2.45, 2.75) is 12.6 Å². The Morgan fingerprint density at radius 2 is 1.57 bits per heavy atom. The second kappa shape index (κ2) is 8.50. The zero-order valence-electron chi connectivity index (χ0n) is 15.2. The molecule has 0 saturated heterocycles. The molecule has 5 nitrogen and oxygen atoms in total. The van der Waals surface area contributed by atoms with E-state index >= 15 is 0 Å². The summed E-state index contributed by atoms with van der Waals surface area (Å²) in [6, 6.07) is 18.8. The minimum absolute atomic E-state index is 0.0675. The Bertz CT molecular complexity index is 1280. The van der Waals surface area contributed by atoms with Crippen LogP contribution in [0.25, 0.3) is 21.0 Å². The van der Waals surface area contributed by atoms with Gasteiger partial charge in [-0.2, -0.15) is 13.2 Å². The summed E-state index contributed by atoms with van der Waals surface area (Å²) in [5.41, 5.74) is 1.42. The van der Waals surface area contributed by atoms with Gasteiger partial charge >= 0.3 is 12.1 Å². The molecule has 4 aromatic rings. The van der Waals surface area contributed by atoms with E-state index in [0.717, 1.165) is 20.5 Å². The number of para-hydroxylation sites is 1. The number of aliphatic carboxylic acids is 1. The number of rotatable bonds is 3. The summed E-state index contributed by atoms with van der Waals surface area (Å²) in [5, 5.41) is 8.80. The first-order chi connectivity index (χ1) is 14.2. The number of carbonyl (C=O) groups is 2. The van der Waals surface area contributed by atoms with Gasteiger partial charge in [0.1, 0.15) is 0 Å². The molecule has 0 unspecified atom stereocenters. The van der Waals surface area contributed by atoms with Crippen LogP contribution in [0.4, 0.5) is 13.2 Å². The number of pyridine rings is 1. The van der Waals surface area contributed by atoms with Crippen molar-refractivity contribution in [3.63, 3.8) is 0 Å². The number of carboxylic acids is 1. The van der Waals surface area contributed by atoms with Crippen LogP contribution in [0.3, 0.4) is 0 Å². The summed E-state index contributed by atoms with van der Waals surface area (Å²) in [6.07, 6.45) is -4.77. The number of aromatic nitrogens is 1. The minimum Gasteiger partial charge on any atom is -0.475 e. The molecule has 0 aliphatic rings. The third kappa shape index (κ3) is 4.74. The van der Waals surface area contributed by atoms with Gasteiger partial charge in [0.2, 0.25) is 0 Å². The van der Waals surface area contributed by atoms with E-state index in [9.17, 15) is 22.8 Å². The average Bonchev–Trinajstić information content (AvgIpc) is 3.13. The van der Waals surface area contributed by atoms with Crippen LogP contribution >= 0.6 is 11.3 Å². The Morgan fingerprint density at radius 1 is 0.967 bits per heavy atom. The van der Waals surface area contributed by atoms with Crippen molar-refractivity contribution in [2.24, 2.45) is 0 Å². The first kappa shape index (κ1) is 21.3. The number of fused-ring (bicyclic) bond motifs is 3. The van der Waals surface area contributed by atoms with E-state index < -0.39 is 12.1 Å². The molecular weight excluding hydrogens is 419 g/mol. The molecule has 0 amide bonds. The van der Waals surface area contributed by atoms with Gasteiger partial charge in [0, 0.05) is 32.5 Å². The number of H-pyrrole nitrogens is 1. The standard InChI is InChI=1S/C19H13NO2S.C2HF3O2/c21-17(12-6-2-1-3-7-12)11-13-10-15-18(23-13)14-8-4-5-9-16(14)20-19(15)22;3-2(4,5)1(6)7/h1-10H,11H2,(H,20,22);(H,6,7). The number of carboxylic acid groups (broad SMARTS) is 1. The van der Waals surface area contributed by atoms with E-state index in [1.165, 1.54) is 11.3 Å². The van der Waals surface area contributed by atoms with Gasteiger partial charge in [-0.3, -0.25) is 9.59 Å². The lowest BCUT2D eigenvalue weighted by Crippen LogP contribution is -2.21. The molecule has 0 bridgehead atoms. The second-order valence-corrected chi connectivity index (χ2v) is 7.36. The number of hydrogen-bond acceptors (Lipinski definition) is 4. The highest BCUT2D eigenvalue weighted by atomic mass is 32.1. The first-order valence-corrected chi connectivity index (χ1v) is 9.40. The Labute approximate surface area is 171 Å². The lowest BCUT2D eigenvalue weighted by atomic mass is 10.1. The number of hydrogen-bond donors (Lipinski definition) is 2. The number of carbonyl (C=O) groups excluding carboxylic acids is 1. The van der Waals surface area contributed by atoms with Crippen LogP contribution in [-0.2, 0) is 11.2 Å². The fourth-order valence-electron chi connectivity index (χ4n) is 2.76. The van der Waals surface area contributed by atoms with Gasteiger partial charge in [0.25, 0.3) is 5.56 Å². The zero-order chi connectivity index (χ0) is 21.9. The summed E-state index contributed by atoms with van der Waals surface area (Å²) in [4.78, 5) is 37.3.